The van der Waals surface area contributed by atoms with Crippen LogP contribution in [0.4, 0.5) is 0 Å². The second-order valence-corrected chi connectivity index (χ2v) is 1.66. The lowest BCUT2D eigenvalue weighted by Crippen LogP contribution is -1.99. The van der Waals surface area contributed by atoms with E-state index in [0.717, 1.165) is 0 Å². The summed E-state index contributed by atoms with van der Waals surface area (Å²) in [5, 5.41) is 8.25. The van der Waals surface area contributed by atoms with Gasteiger partial charge in [0.1, 0.15) is 0 Å². The van der Waals surface area contributed by atoms with Crippen LogP contribution in [0.1, 0.15) is 13.8 Å². The van der Waals surface area contributed by atoms with Crippen molar-refractivity contribution in [3.05, 3.63) is 11.1 Å². The number of carbonyl (C=O) groups is 1. The van der Waals surface area contributed by atoms with Crippen LogP contribution in [0.5, 0.6) is 0 Å². The topological polar surface area (TPSA) is 54.4 Å². The first-order valence-electron chi connectivity index (χ1n) is 2.38. The summed E-state index contributed by atoms with van der Waals surface area (Å²) in [5.74, 6) is -1.07. The average molecular weight is 127 g/mol. The van der Waals surface area contributed by atoms with Crippen molar-refractivity contribution in [3.63, 3.8) is 0 Å². The molecule has 49 valence electrons. The molecule has 0 aliphatic rings. The van der Waals surface area contributed by atoms with Crippen molar-refractivity contribution >= 4 is 12.3 Å². The zero-order valence-corrected chi connectivity index (χ0v) is 5.26. The Morgan fingerprint density at radius 2 is 1.89 bits per heavy atom. The SMILES string of the molecule is C/C([C]=O)=C(/C)C(=O)O. The van der Waals surface area contributed by atoms with Gasteiger partial charge in [-0.15, -0.1) is 0 Å². The third kappa shape index (κ3) is 2.08. The quantitative estimate of drug-likeness (QED) is 0.550. The molecule has 3 nitrogen and oxygen atoms in total. The smallest absolute Gasteiger partial charge is 0.331 e. The van der Waals surface area contributed by atoms with Crippen molar-refractivity contribution in [3.8, 4) is 0 Å². The molecule has 0 bridgehead atoms. The highest BCUT2D eigenvalue weighted by atomic mass is 16.4. The van der Waals surface area contributed by atoms with Gasteiger partial charge in [0.05, 0.1) is 0 Å². The third-order valence-electron chi connectivity index (χ3n) is 1.04. The maximum Gasteiger partial charge on any atom is 0.331 e. The molecule has 0 amide bonds. The van der Waals surface area contributed by atoms with Gasteiger partial charge in [-0.2, -0.15) is 0 Å². The Hall–Kier alpha value is -1.12. The van der Waals surface area contributed by atoms with Crippen LogP contribution < -0.4 is 0 Å². The fourth-order valence-electron chi connectivity index (χ4n) is 0.237. The Balaban J connectivity index is 4.47. The second-order valence-electron chi connectivity index (χ2n) is 1.66. The molecule has 0 fully saturated rings. The monoisotopic (exact) mass is 127 g/mol. The molecule has 0 unspecified atom stereocenters. The number of aliphatic carboxylic acids is 1. The van der Waals surface area contributed by atoms with E-state index in [0.29, 0.717) is 0 Å². The Kier molecular flexibility index (Phi) is 2.64. The molecule has 1 N–H and O–H groups in total. The van der Waals surface area contributed by atoms with Crippen LogP contribution in [0, 0.1) is 0 Å². The van der Waals surface area contributed by atoms with Crippen LogP contribution >= 0.6 is 0 Å². The van der Waals surface area contributed by atoms with E-state index in [9.17, 15) is 9.59 Å². The van der Waals surface area contributed by atoms with E-state index in [1.54, 1.807) is 0 Å². The summed E-state index contributed by atoms with van der Waals surface area (Å²) >= 11 is 0. The van der Waals surface area contributed by atoms with Crippen LogP contribution in [0.15, 0.2) is 11.1 Å². The minimum atomic E-state index is -1.07. The first-order chi connectivity index (χ1) is 4.09. The van der Waals surface area contributed by atoms with Crippen LogP contribution in [-0.4, -0.2) is 17.4 Å². The number of carbonyl (C=O) groups excluding carboxylic acids is 1. The summed E-state index contributed by atoms with van der Waals surface area (Å²) in [6.45, 7) is 2.78. The van der Waals surface area contributed by atoms with Gasteiger partial charge >= 0.3 is 5.97 Å². The molecular weight excluding hydrogens is 120 g/mol. The molecule has 0 aromatic carbocycles. The Labute approximate surface area is 53.0 Å². The number of rotatable bonds is 2. The molecule has 0 atom stereocenters. The van der Waals surface area contributed by atoms with E-state index in [1.807, 2.05) is 0 Å². The van der Waals surface area contributed by atoms with Gasteiger partial charge in [0.25, 0.3) is 0 Å². The predicted octanol–water partition coefficient (Wildman–Crippen LogP) is 0.517. The molecule has 0 heterocycles. The number of hydrogen-bond donors (Lipinski definition) is 1. The van der Waals surface area contributed by atoms with E-state index in [4.69, 9.17) is 5.11 Å². The fraction of sp³-hybridized carbons (Fsp3) is 0.333. The van der Waals surface area contributed by atoms with Gasteiger partial charge < -0.3 is 5.11 Å². The van der Waals surface area contributed by atoms with Crippen molar-refractivity contribution in [2.45, 2.75) is 13.8 Å². The van der Waals surface area contributed by atoms with Crippen LogP contribution in [-0.2, 0) is 9.59 Å². The molecule has 0 aliphatic carbocycles. The third-order valence-corrected chi connectivity index (χ3v) is 1.04. The molecule has 9 heavy (non-hydrogen) atoms. The lowest BCUT2D eigenvalue weighted by Gasteiger charge is -1.90. The number of carboxylic acids is 1. The number of allylic oxidation sites excluding steroid dienone is 1. The molecule has 0 rings (SSSR count). The summed E-state index contributed by atoms with van der Waals surface area (Å²) in [4.78, 5) is 19.9. The van der Waals surface area contributed by atoms with Crippen LogP contribution in [0.3, 0.4) is 0 Å². The van der Waals surface area contributed by atoms with Gasteiger partial charge in [0.2, 0.25) is 6.29 Å². The van der Waals surface area contributed by atoms with E-state index in [-0.39, 0.29) is 11.1 Å². The molecule has 0 aromatic heterocycles. The van der Waals surface area contributed by atoms with Gasteiger partial charge in [-0.3, -0.25) is 4.79 Å². The Morgan fingerprint density at radius 3 is 2.00 bits per heavy atom. The lowest BCUT2D eigenvalue weighted by molar-refractivity contribution is -0.132. The van der Waals surface area contributed by atoms with E-state index in [1.165, 1.54) is 20.1 Å². The first-order valence-corrected chi connectivity index (χ1v) is 2.38. The Bertz CT molecular complexity index is 167. The Morgan fingerprint density at radius 1 is 1.44 bits per heavy atom. The first kappa shape index (κ1) is 7.88. The average Bonchev–Trinajstić information content (AvgIpc) is 1.84. The maximum absolute atomic E-state index is 10.1. The number of carboxylic acid groups (broad SMARTS) is 1. The molecule has 0 spiro atoms. The van der Waals surface area contributed by atoms with Crippen molar-refractivity contribution < 1.29 is 14.7 Å². The van der Waals surface area contributed by atoms with E-state index in [2.05, 4.69) is 0 Å². The van der Waals surface area contributed by atoms with Gasteiger partial charge in [-0.25, -0.2) is 4.79 Å². The van der Waals surface area contributed by atoms with Crippen molar-refractivity contribution in [1.29, 1.82) is 0 Å². The number of hydrogen-bond acceptors (Lipinski definition) is 2. The van der Waals surface area contributed by atoms with E-state index >= 15 is 0 Å². The zero-order valence-electron chi connectivity index (χ0n) is 5.26. The molecule has 0 saturated carbocycles. The summed E-state index contributed by atoms with van der Waals surface area (Å²) < 4.78 is 0. The molecule has 1 radical (unpaired) electrons. The maximum atomic E-state index is 10.1. The van der Waals surface area contributed by atoms with E-state index < -0.39 is 5.97 Å². The standard InChI is InChI=1S/C6H7O3/c1-4(3-7)5(2)6(8)9/h1-2H3,(H,8,9)/b5-4+. The molecule has 0 saturated heterocycles. The highest BCUT2D eigenvalue weighted by Gasteiger charge is 2.03. The zero-order chi connectivity index (χ0) is 7.44. The minimum absolute atomic E-state index is 0.0463. The molecule has 3 heteroatoms. The largest absolute Gasteiger partial charge is 0.478 e. The van der Waals surface area contributed by atoms with Crippen LogP contribution in [0.25, 0.3) is 0 Å². The summed E-state index contributed by atoms with van der Waals surface area (Å²) in [7, 11) is 0. The predicted molar refractivity (Wildman–Crippen MR) is 31.7 cm³/mol. The summed E-state index contributed by atoms with van der Waals surface area (Å²) in [6, 6.07) is 0. The van der Waals surface area contributed by atoms with Gasteiger partial charge in [-0.1, -0.05) is 0 Å². The lowest BCUT2D eigenvalue weighted by atomic mass is 10.2. The summed E-state index contributed by atoms with van der Waals surface area (Å²) in [5.41, 5.74) is 0.188. The van der Waals surface area contributed by atoms with Gasteiger partial charge in [-0.05, 0) is 13.8 Å². The fourth-order valence-corrected chi connectivity index (χ4v) is 0.237. The highest BCUT2D eigenvalue weighted by molar-refractivity contribution is 5.93. The van der Waals surface area contributed by atoms with Crippen molar-refractivity contribution in [2.75, 3.05) is 0 Å². The summed E-state index contributed by atoms with van der Waals surface area (Å²) in [6.07, 6.45) is 1.49. The van der Waals surface area contributed by atoms with Crippen LogP contribution in [0.2, 0.25) is 0 Å². The highest BCUT2D eigenvalue weighted by Crippen LogP contribution is 1.98. The molecular formula is C6H7O3. The second kappa shape index (κ2) is 3.02. The molecule has 0 aromatic rings. The van der Waals surface area contributed by atoms with Crippen molar-refractivity contribution in [1.82, 2.24) is 0 Å². The van der Waals surface area contributed by atoms with Gasteiger partial charge in [0.15, 0.2) is 0 Å². The minimum Gasteiger partial charge on any atom is -0.478 e. The normalized spacial score (nSPS) is 12.2. The van der Waals surface area contributed by atoms with Gasteiger partial charge in [0, 0.05) is 11.1 Å². The van der Waals surface area contributed by atoms with Crippen molar-refractivity contribution in [2.24, 2.45) is 0 Å². The molecule has 0 aliphatic heterocycles.